The molecule has 1 amide bonds. The van der Waals surface area contributed by atoms with Crippen LogP contribution in [0.5, 0.6) is 0 Å². The summed E-state index contributed by atoms with van der Waals surface area (Å²) in [5, 5.41) is 27.7. The van der Waals surface area contributed by atoms with Crippen molar-refractivity contribution in [2.45, 2.75) is 103 Å². The van der Waals surface area contributed by atoms with Gasteiger partial charge in [-0.25, -0.2) is 0 Å². The summed E-state index contributed by atoms with van der Waals surface area (Å²) in [7, 11) is 0. The fourth-order valence-corrected chi connectivity index (χ4v) is 9.33. The third-order valence-corrected chi connectivity index (χ3v) is 11.9. The van der Waals surface area contributed by atoms with E-state index in [0.717, 1.165) is 63.5 Å². The van der Waals surface area contributed by atoms with Crippen LogP contribution in [-0.2, 0) is 19.2 Å². The highest BCUT2D eigenvalue weighted by molar-refractivity contribution is 5.96. The summed E-state index contributed by atoms with van der Waals surface area (Å²) in [6.45, 7) is 6.57. The van der Waals surface area contributed by atoms with Gasteiger partial charge in [0.25, 0.3) is 5.91 Å². The van der Waals surface area contributed by atoms with Crippen molar-refractivity contribution in [3.05, 3.63) is 11.6 Å². The summed E-state index contributed by atoms with van der Waals surface area (Å²) in [6.07, 6.45) is 12.6. The van der Waals surface area contributed by atoms with Gasteiger partial charge in [-0.15, -0.1) is 0 Å². The number of carbonyl (C=O) groups is 3. The number of fused-ring (bicyclic) bond motifs is 5. The Labute approximate surface area is 232 Å². The lowest BCUT2D eigenvalue weighted by atomic mass is 9.46. The van der Waals surface area contributed by atoms with Crippen LogP contribution < -0.4 is 5.32 Å². The highest BCUT2D eigenvalue weighted by Gasteiger charge is 2.65. The van der Waals surface area contributed by atoms with E-state index in [9.17, 15) is 19.5 Å². The van der Waals surface area contributed by atoms with Crippen molar-refractivity contribution in [3.63, 3.8) is 0 Å². The normalized spacial score (nSPS) is 42.5. The zero-order valence-corrected chi connectivity index (χ0v) is 23.8. The van der Waals surface area contributed by atoms with E-state index < -0.39 is 11.6 Å². The van der Waals surface area contributed by atoms with Crippen LogP contribution in [0.1, 0.15) is 97.8 Å². The molecule has 0 saturated heterocycles. The van der Waals surface area contributed by atoms with E-state index in [1.807, 2.05) is 0 Å². The second-order valence-electron chi connectivity index (χ2n) is 13.6. The Kier molecular flexibility index (Phi) is 7.72. The molecule has 0 unspecified atom stereocenters. The molecule has 0 aromatic rings. The Morgan fingerprint density at radius 2 is 1.72 bits per heavy atom. The van der Waals surface area contributed by atoms with Crippen LogP contribution >= 0.6 is 0 Å². The molecular formula is C31H46N2O6. The number of carboxylic acid groups (broad SMARTS) is 1. The minimum absolute atomic E-state index is 0.0661. The quantitative estimate of drug-likeness (QED) is 0.402. The molecule has 8 nitrogen and oxygen atoms in total. The Hall–Kier alpha value is -2.22. The molecule has 3 N–H and O–H groups in total. The molecule has 5 aliphatic rings. The standard InChI is InChI=1S/C31H46N2O6/c1-19(34)31(38)15-12-26-24-9-8-22-16-23(10-13-29(22,2)25(24)11-14-30(26,31)3)33-39-18-27(35)32-17-20-4-6-21(7-5-20)28(36)37/h16,20-21,24-26,38H,4-15,17-18H2,1-3H3,(H,32,35)(H,36,37)/b33-23+/t20?,21?,24-,25-,26+,29-,30-,31-/m0/s1. The maximum Gasteiger partial charge on any atom is 0.306 e. The van der Waals surface area contributed by atoms with Crippen molar-refractivity contribution in [2.75, 3.05) is 13.2 Å². The van der Waals surface area contributed by atoms with Crippen molar-refractivity contribution >= 4 is 23.4 Å². The summed E-state index contributed by atoms with van der Waals surface area (Å²) in [5.41, 5.74) is 0.952. The van der Waals surface area contributed by atoms with Crippen LogP contribution in [0, 0.1) is 40.4 Å². The Bertz CT molecular complexity index is 1060. The third kappa shape index (κ3) is 4.95. The fraction of sp³-hybridized carbons (Fsp3) is 0.806. The lowest BCUT2D eigenvalue weighted by Crippen LogP contribution is -2.57. The molecule has 0 aromatic heterocycles. The number of nitrogens with one attached hydrogen (secondary N) is 1. The number of aliphatic carboxylic acids is 1. The first-order valence-corrected chi connectivity index (χ1v) is 15.1. The molecule has 216 valence electrons. The number of carboxylic acids is 1. The molecule has 5 aliphatic carbocycles. The SMILES string of the molecule is CC(=O)[C@@]1(O)CC[C@@H]2[C@H]3CCC4=C/C(=N/OCC(=O)NCC5CCC(C(=O)O)CC5)CC[C@]4(C)[C@H]3CC[C@@]21C. The van der Waals surface area contributed by atoms with Gasteiger partial charge in [-0.3, -0.25) is 14.4 Å². The molecule has 8 heteroatoms. The number of hydrogen-bond acceptors (Lipinski definition) is 6. The van der Waals surface area contributed by atoms with Gasteiger partial charge < -0.3 is 20.4 Å². The largest absolute Gasteiger partial charge is 0.481 e. The summed E-state index contributed by atoms with van der Waals surface area (Å²) in [6, 6.07) is 0. The van der Waals surface area contributed by atoms with Crippen LogP contribution in [0.25, 0.3) is 0 Å². The molecule has 0 spiro atoms. The van der Waals surface area contributed by atoms with Gasteiger partial charge in [0.2, 0.25) is 0 Å². The Morgan fingerprint density at radius 1 is 1.00 bits per heavy atom. The van der Waals surface area contributed by atoms with Crippen molar-refractivity contribution in [1.82, 2.24) is 5.32 Å². The average molecular weight is 543 g/mol. The maximum absolute atomic E-state index is 12.5. The molecular weight excluding hydrogens is 496 g/mol. The van der Waals surface area contributed by atoms with Gasteiger partial charge in [0, 0.05) is 12.0 Å². The van der Waals surface area contributed by atoms with Gasteiger partial charge in [-0.1, -0.05) is 24.6 Å². The first-order chi connectivity index (χ1) is 18.5. The number of Topliss-reactive ketones (excluding diaryl/α,β-unsaturated/α-hetero) is 1. The number of hydrogen-bond donors (Lipinski definition) is 3. The number of oxime groups is 1. The van der Waals surface area contributed by atoms with Crippen LogP contribution in [0.2, 0.25) is 0 Å². The van der Waals surface area contributed by atoms with E-state index in [2.05, 4.69) is 30.4 Å². The number of amides is 1. The molecule has 0 heterocycles. The van der Waals surface area contributed by atoms with Crippen molar-refractivity contribution in [3.8, 4) is 0 Å². The smallest absolute Gasteiger partial charge is 0.306 e. The molecule has 0 aliphatic heterocycles. The van der Waals surface area contributed by atoms with Crippen LogP contribution in [0.3, 0.4) is 0 Å². The number of nitrogens with zero attached hydrogens (tertiary/aromatic N) is 1. The lowest BCUT2D eigenvalue weighted by Gasteiger charge is -2.59. The van der Waals surface area contributed by atoms with Gasteiger partial charge in [0.1, 0.15) is 5.60 Å². The Balaban J connectivity index is 1.14. The average Bonchev–Trinajstić information content (AvgIpc) is 3.19. The third-order valence-electron chi connectivity index (χ3n) is 11.9. The number of ketones is 1. The predicted octanol–water partition coefficient (Wildman–Crippen LogP) is 4.65. The number of aliphatic hydroxyl groups is 1. The molecule has 39 heavy (non-hydrogen) atoms. The van der Waals surface area contributed by atoms with Crippen molar-refractivity contribution in [2.24, 2.45) is 45.6 Å². The van der Waals surface area contributed by atoms with Crippen LogP contribution in [-0.4, -0.2) is 52.3 Å². The summed E-state index contributed by atoms with van der Waals surface area (Å²) in [5.74, 6) is 0.599. The molecule has 0 aromatic carbocycles. The monoisotopic (exact) mass is 542 g/mol. The topological polar surface area (TPSA) is 125 Å². The van der Waals surface area contributed by atoms with E-state index in [4.69, 9.17) is 9.94 Å². The number of allylic oxidation sites excluding steroid dienone is 2. The summed E-state index contributed by atoms with van der Waals surface area (Å²) in [4.78, 5) is 41.3. The van der Waals surface area contributed by atoms with Gasteiger partial charge >= 0.3 is 5.97 Å². The Morgan fingerprint density at radius 3 is 2.41 bits per heavy atom. The zero-order chi connectivity index (χ0) is 28.0. The lowest BCUT2D eigenvalue weighted by molar-refractivity contribution is -0.159. The first kappa shape index (κ1) is 28.3. The minimum Gasteiger partial charge on any atom is -0.481 e. The fourth-order valence-electron chi connectivity index (χ4n) is 9.33. The van der Waals surface area contributed by atoms with E-state index in [1.54, 1.807) is 6.92 Å². The van der Waals surface area contributed by atoms with Gasteiger partial charge in [-0.2, -0.15) is 0 Å². The highest BCUT2D eigenvalue weighted by atomic mass is 16.6. The van der Waals surface area contributed by atoms with E-state index in [0.29, 0.717) is 49.5 Å². The van der Waals surface area contributed by atoms with Gasteiger partial charge in [-0.05, 0) is 119 Å². The summed E-state index contributed by atoms with van der Waals surface area (Å²) >= 11 is 0. The van der Waals surface area contributed by atoms with E-state index in [1.165, 1.54) is 5.57 Å². The molecule has 4 saturated carbocycles. The minimum atomic E-state index is -1.17. The molecule has 0 radical (unpaired) electrons. The van der Waals surface area contributed by atoms with E-state index in [-0.39, 0.29) is 35.0 Å². The van der Waals surface area contributed by atoms with Crippen LogP contribution in [0.15, 0.2) is 16.8 Å². The molecule has 5 rings (SSSR count). The van der Waals surface area contributed by atoms with E-state index >= 15 is 0 Å². The van der Waals surface area contributed by atoms with Crippen LogP contribution in [0.4, 0.5) is 0 Å². The maximum atomic E-state index is 12.5. The van der Waals surface area contributed by atoms with Crippen molar-refractivity contribution < 1.29 is 29.4 Å². The number of carbonyl (C=O) groups excluding carboxylic acids is 2. The molecule has 4 fully saturated rings. The predicted molar refractivity (Wildman–Crippen MR) is 147 cm³/mol. The molecule has 6 atom stereocenters. The second kappa shape index (κ2) is 10.6. The number of rotatable bonds is 7. The second-order valence-corrected chi connectivity index (χ2v) is 13.6. The van der Waals surface area contributed by atoms with Gasteiger partial charge in [0.05, 0.1) is 11.6 Å². The molecule has 0 bridgehead atoms. The first-order valence-electron chi connectivity index (χ1n) is 15.1. The van der Waals surface area contributed by atoms with Crippen molar-refractivity contribution in [1.29, 1.82) is 0 Å². The highest BCUT2D eigenvalue weighted by Crippen LogP contribution is 2.67. The van der Waals surface area contributed by atoms with Gasteiger partial charge in [0.15, 0.2) is 12.4 Å². The zero-order valence-electron chi connectivity index (χ0n) is 23.8. The summed E-state index contributed by atoms with van der Waals surface area (Å²) < 4.78 is 0.